The highest BCUT2D eigenvalue weighted by Gasteiger charge is 2.31. The van der Waals surface area contributed by atoms with E-state index in [1.54, 1.807) is 20.8 Å². The van der Waals surface area contributed by atoms with Crippen molar-refractivity contribution in [3.05, 3.63) is 0 Å². The van der Waals surface area contributed by atoms with Gasteiger partial charge in [0.25, 0.3) is 0 Å². The molecule has 0 amide bonds. The molecule has 0 N–H and O–H groups in total. The van der Waals surface area contributed by atoms with Gasteiger partial charge in [0.2, 0.25) is 9.98 Å². The highest BCUT2D eigenvalue weighted by molar-refractivity contribution is 8.10. The average Bonchev–Trinajstić information content (AvgIpc) is 1.85. The van der Waals surface area contributed by atoms with Crippen LogP contribution < -0.4 is 0 Å². The molecule has 0 aliphatic carbocycles. The van der Waals surface area contributed by atoms with Crippen LogP contribution in [0, 0.1) is 0 Å². The summed E-state index contributed by atoms with van der Waals surface area (Å²) in [7, 11) is 0. The molecule has 0 rings (SSSR count). The van der Waals surface area contributed by atoms with Crippen LogP contribution in [0.2, 0.25) is 0 Å². The first-order valence-electron chi connectivity index (χ1n) is 3.49. The molecule has 0 saturated heterocycles. The fourth-order valence-electron chi connectivity index (χ4n) is 0.565. The Bertz CT molecular complexity index is 189. The maximum Gasteiger partial charge on any atom is 0.349 e. The Balaban J connectivity index is 4.18. The molecule has 0 aromatic carbocycles. The van der Waals surface area contributed by atoms with Crippen LogP contribution >= 0.6 is 24.8 Å². The van der Waals surface area contributed by atoms with Crippen LogP contribution in [0.15, 0.2) is 0 Å². The number of carbonyl (C=O) groups excluding carboxylic acids is 1. The van der Waals surface area contributed by atoms with Crippen molar-refractivity contribution in [1.82, 2.24) is 0 Å². The van der Waals surface area contributed by atoms with Crippen molar-refractivity contribution in [2.75, 3.05) is 6.61 Å². The zero-order chi connectivity index (χ0) is 9.78. The summed E-state index contributed by atoms with van der Waals surface area (Å²) >= 11 is 8.34. The fraction of sp³-hybridized carbons (Fsp3) is 0.714. The normalized spacial score (nSPS) is 10.7. The van der Waals surface area contributed by atoms with Crippen LogP contribution in [-0.4, -0.2) is 22.6 Å². The Hall–Kier alpha value is -0.290. The maximum absolute atomic E-state index is 11.2. The van der Waals surface area contributed by atoms with Gasteiger partial charge in [-0.25, -0.2) is 4.79 Å². The third-order valence-electron chi connectivity index (χ3n) is 1.11. The van der Waals surface area contributed by atoms with E-state index in [1.165, 1.54) is 0 Å². The monoisotopic (exact) mass is 208 g/mol. The molecule has 0 bridgehead atoms. The summed E-state index contributed by atoms with van der Waals surface area (Å²) in [5.41, 5.74) is -1.05. The lowest BCUT2D eigenvalue weighted by molar-refractivity contribution is -0.159. The lowest BCUT2D eigenvalue weighted by atomic mass is 10.1. The minimum absolute atomic E-state index is 0.0352. The van der Waals surface area contributed by atoms with E-state index in [1.807, 2.05) is 0 Å². The largest absolute Gasteiger partial charge is 0.463 e. The van der Waals surface area contributed by atoms with E-state index in [9.17, 15) is 4.79 Å². The van der Waals surface area contributed by atoms with E-state index in [-0.39, 0.29) is 4.38 Å². The summed E-state index contributed by atoms with van der Waals surface area (Å²) in [6.45, 7) is 5.21. The van der Waals surface area contributed by atoms with Crippen molar-refractivity contribution < 1.29 is 14.3 Å². The van der Waals surface area contributed by atoms with Crippen molar-refractivity contribution in [3.63, 3.8) is 0 Å². The Morgan fingerprint density at radius 3 is 2.42 bits per heavy atom. The van der Waals surface area contributed by atoms with Gasteiger partial charge in [0, 0.05) is 0 Å². The summed E-state index contributed by atoms with van der Waals surface area (Å²) in [4.78, 5) is 11.2. The molecule has 0 atom stereocenters. The van der Waals surface area contributed by atoms with Gasteiger partial charge >= 0.3 is 5.97 Å². The van der Waals surface area contributed by atoms with Gasteiger partial charge in [0.15, 0.2) is 0 Å². The average molecular weight is 208 g/mol. The zero-order valence-electron chi connectivity index (χ0n) is 7.29. The van der Waals surface area contributed by atoms with Crippen molar-refractivity contribution in [2.45, 2.75) is 26.4 Å². The van der Waals surface area contributed by atoms with Crippen LogP contribution in [0.5, 0.6) is 0 Å². The maximum atomic E-state index is 11.2. The SMILES string of the molecule is CCOC(=O)C(C)(C)OC(=S)S. The Labute approximate surface area is 82.8 Å². The van der Waals surface area contributed by atoms with E-state index in [4.69, 9.17) is 9.47 Å². The molecule has 3 nitrogen and oxygen atoms in total. The van der Waals surface area contributed by atoms with Gasteiger partial charge < -0.3 is 9.47 Å². The number of hydrogen-bond acceptors (Lipinski definition) is 4. The number of hydrogen-bond donors (Lipinski definition) is 1. The minimum atomic E-state index is -1.05. The summed E-state index contributed by atoms with van der Waals surface area (Å²) in [6, 6.07) is 0. The third-order valence-corrected chi connectivity index (χ3v) is 1.28. The second-order valence-electron chi connectivity index (χ2n) is 2.60. The lowest BCUT2D eigenvalue weighted by Crippen LogP contribution is -2.37. The molecule has 0 aliphatic rings. The minimum Gasteiger partial charge on any atom is -0.463 e. The number of ether oxygens (including phenoxy) is 2. The molecular weight excluding hydrogens is 196 g/mol. The molecule has 0 fully saturated rings. The Kier molecular flexibility index (Phi) is 4.55. The molecule has 70 valence electrons. The molecule has 0 heterocycles. The van der Waals surface area contributed by atoms with E-state index in [0.29, 0.717) is 6.61 Å². The van der Waals surface area contributed by atoms with Gasteiger partial charge in [-0.05, 0) is 33.0 Å². The molecule has 5 heteroatoms. The van der Waals surface area contributed by atoms with Crippen LogP contribution in [0.1, 0.15) is 20.8 Å². The van der Waals surface area contributed by atoms with Crippen LogP contribution in [0.3, 0.4) is 0 Å². The van der Waals surface area contributed by atoms with Crippen molar-refractivity contribution in [3.8, 4) is 0 Å². The topological polar surface area (TPSA) is 35.5 Å². The van der Waals surface area contributed by atoms with Gasteiger partial charge in [-0.3, -0.25) is 0 Å². The van der Waals surface area contributed by atoms with Crippen LogP contribution in [0.4, 0.5) is 0 Å². The Morgan fingerprint density at radius 2 is 2.08 bits per heavy atom. The summed E-state index contributed by atoms with van der Waals surface area (Å²) in [5.74, 6) is -0.443. The van der Waals surface area contributed by atoms with E-state index >= 15 is 0 Å². The van der Waals surface area contributed by atoms with Crippen molar-refractivity contribution in [1.29, 1.82) is 0 Å². The summed E-state index contributed by atoms with van der Waals surface area (Å²) < 4.78 is 9.76. The predicted molar refractivity (Wildman–Crippen MR) is 53.4 cm³/mol. The van der Waals surface area contributed by atoms with Gasteiger partial charge in [-0.2, -0.15) is 0 Å². The van der Waals surface area contributed by atoms with E-state index in [2.05, 4.69) is 24.8 Å². The molecule has 0 spiro atoms. The first kappa shape index (κ1) is 11.7. The van der Waals surface area contributed by atoms with E-state index < -0.39 is 11.6 Å². The highest BCUT2D eigenvalue weighted by atomic mass is 32.1. The standard InChI is InChI=1S/C7H12O3S2/c1-4-9-5(8)7(2,3)10-6(11)12/h4H2,1-3H3,(H,11,12). The fourth-order valence-corrected chi connectivity index (χ4v) is 1.00. The predicted octanol–water partition coefficient (Wildman–Crippen LogP) is 1.56. The number of rotatable bonds is 3. The molecule has 0 radical (unpaired) electrons. The number of thiol groups is 1. The molecule has 0 aliphatic heterocycles. The molecule has 0 saturated carbocycles. The zero-order valence-corrected chi connectivity index (χ0v) is 9.00. The number of thiocarbonyl (C=S) groups is 1. The quantitative estimate of drug-likeness (QED) is 0.434. The Morgan fingerprint density at radius 1 is 1.58 bits per heavy atom. The molecule has 0 unspecified atom stereocenters. The second kappa shape index (κ2) is 4.67. The van der Waals surface area contributed by atoms with E-state index in [0.717, 1.165) is 0 Å². The highest BCUT2D eigenvalue weighted by Crippen LogP contribution is 2.13. The van der Waals surface area contributed by atoms with Gasteiger partial charge in [-0.1, -0.05) is 12.6 Å². The summed E-state index contributed by atoms with van der Waals surface area (Å²) in [6.07, 6.45) is 0. The molecule has 0 aromatic rings. The smallest absolute Gasteiger partial charge is 0.349 e. The third kappa shape index (κ3) is 3.92. The first-order valence-corrected chi connectivity index (χ1v) is 4.35. The molecule has 12 heavy (non-hydrogen) atoms. The lowest BCUT2D eigenvalue weighted by Gasteiger charge is -2.22. The number of carbonyl (C=O) groups is 1. The summed E-state index contributed by atoms with van der Waals surface area (Å²) in [5, 5.41) is 0. The molecular formula is C7H12O3S2. The van der Waals surface area contributed by atoms with Crippen molar-refractivity contribution >= 4 is 35.2 Å². The van der Waals surface area contributed by atoms with Gasteiger partial charge in [0.05, 0.1) is 6.61 Å². The van der Waals surface area contributed by atoms with Gasteiger partial charge in [0.1, 0.15) is 0 Å². The van der Waals surface area contributed by atoms with Gasteiger partial charge in [-0.15, -0.1) is 0 Å². The first-order chi connectivity index (χ1) is 5.40. The van der Waals surface area contributed by atoms with Crippen molar-refractivity contribution in [2.24, 2.45) is 0 Å². The second-order valence-corrected chi connectivity index (χ2v) is 3.68. The van der Waals surface area contributed by atoms with Crippen LogP contribution in [0.25, 0.3) is 0 Å². The molecule has 0 aromatic heterocycles. The van der Waals surface area contributed by atoms with Crippen LogP contribution in [-0.2, 0) is 14.3 Å². The number of esters is 1.